The van der Waals surface area contributed by atoms with E-state index in [0.717, 1.165) is 24.2 Å². The van der Waals surface area contributed by atoms with Crippen LogP contribution in [0.5, 0.6) is 17.2 Å². The summed E-state index contributed by atoms with van der Waals surface area (Å²) in [5.74, 6) is -0.893. The molecule has 2 N–H and O–H groups in total. The zero-order valence-corrected chi connectivity index (χ0v) is 23.4. The highest BCUT2D eigenvalue weighted by Crippen LogP contribution is 2.42. The highest BCUT2D eigenvalue weighted by atomic mass is 16.5. The molecule has 1 aliphatic rings. The lowest BCUT2D eigenvalue weighted by Gasteiger charge is -2.28. The number of rotatable bonds is 11. The zero-order chi connectivity index (χ0) is 28.8. The Morgan fingerprint density at radius 1 is 0.975 bits per heavy atom. The molecule has 0 spiro atoms. The van der Waals surface area contributed by atoms with Crippen LogP contribution in [0.4, 0.5) is 0 Å². The van der Waals surface area contributed by atoms with Crippen molar-refractivity contribution in [2.75, 3.05) is 33.3 Å². The van der Waals surface area contributed by atoms with Crippen molar-refractivity contribution in [3.63, 3.8) is 0 Å². The molecule has 8 nitrogen and oxygen atoms in total. The number of likely N-dealkylation sites (tertiary alicyclic amines) is 1. The molecule has 0 saturated carbocycles. The van der Waals surface area contributed by atoms with Crippen molar-refractivity contribution in [1.82, 2.24) is 9.80 Å². The van der Waals surface area contributed by atoms with Gasteiger partial charge >= 0.3 is 0 Å². The molecule has 0 unspecified atom stereocenters. The fourth-order valence-corrected chi connectivity index (χ4v) is 4.96. The minimum absolute atomic E-state index is 0.00496. The third-order valence-corrected chi connectivity index (χ3v) is 7.30. The second kappa shape index (κ2) is 12.7. The van der Waals surface area contributed by atoms with Crippen LogP contribution in [0.1, 0.15) is 42.1 Å². The number of hydrogen-bond acceptors (Lipinski definition) is 7. The highest BCUT2D eigenvalue weighted by molar-refractivity contribution is 6.46. The lowest BCUT2D eigenvalue weighted by atomic mass is 9.94. The second-order valence-electron chi connectivity index (χ2n) is 9.71. The van der Waals surface area contributed by atoms with E-state index in [1.54, 1.807) is 30.3 Å². The predicted octanol–water partition coefficient (Wildman–Crippen LogP) is 5.05. The second-order valence-corrected chi connectivity index (χ2v) is 9.71. The minimum atomic E-state index is -0.848. The zero-order valence-electron chi connectivity index (χ0n) is 23.4. The highest BCUT2D eigenvalue weighted by Gasteiger charge is 2.46. The number of phenolic OH excluding ortho intramolecular Hbond substituents is 1. The molecular formula is C32H36N2O6. The molecule has 1 aliphatic heterocycles. The van der Waals surface area contributed by atoms with Gasteiger partial charge in [-0.1, -0.05) is 50.2 Å². The number of hydrogen-bond donors (Lipinski definition) is 2. The number of Topliss-reactive ketones (excluding diaryl/α,β-unsaturated/α-hetero) is 1. The van der Waals surface area contributed by atoms with E-state index >= 15 is 0 Å². The lowest BCUT2D eigenvalue weighted by Crippen LogP contribution is -2.38. The van der Waals surface area contributed by atoms with E-state index in [2.05, 4.69) is 4.90 Å². The van der Waals surface area contributed by atoms with E-state index in [4.69, 9.17) is 9.47 Å². The van der Waals surface area contributed by atoms with Gasteiger partial charge in [0.25, 0.3) is 11.7 Å². The maximum Gasteiger partial charge on any atom is 0.295 e. The fourth-order valence-electron chi connectivity index (χ4n) is 4.96. The van der Waals surface area contributed by atoms with Gasteiger partial charge in [0.05, 0.1) is 18.7 Å². The number of aliphatic hydroxyl groups excluding tert-OH is 1. The first-order valence-corrected chi connectivity index (χ1v) is 13.4. The van der Waals surface area contributed by atoms with Crippen molar-refractivity contribution in [3.05, 3.63) is 94.6 Å². The van der Waals surface area contributed by atoms with Gasteiger partial charge in [-0.05, 0) is 67.0 Å². The molecule has 3 aromatic carbocycles. The van der Waals surface area contributed by atoms with Crippen molar-refractivity contribution < 1.29 is 29.3 Å². The Morgan fingerprint density at radius 2 is 1.70 bits per heavy atom. The van der Waals surface area contributed by atoms with Crippen molar-refractivity contribution in [2.24, 2.45) is 0 Å². The molecule has 40 heavy (non-hydrogen) atoms. The van der Waals surface area contributed by atoms with Gasteiger partial charge in [-0.15, -0.1) is 0 Å². The van der Waals surface area contributed by atoms with Crippen LogP contribution in [0.2, 0.25) is 0 Å². The number of nitrogens with zero attached hydrogens (tertiary/aromatic N) is 2. The number of amides is 1. The van der Waals surface area contributed by atoms with Gasteiger partial charge in [-0.2, -0.15) is 0 Å². The van der Waals surface area contributed by atoms with Crippen molar-refractivity contribution in [2.45, 2.75) is 33.4 Å². The van der Waals surface area contributed by atoms with Gasteiger partial charge in [0.1, 0.15) is 18.1 Å². The molecule has 0 radical (unpaired) electrons. The minimum Gasteiger partial charge on any atom is -0.507 e. The van der Waals surface area contributed by atoms with Crippen molar-refractivity contribution in [1.29, 1.82) is 0 Å². The molecule has 1 heterocycles. The molecule has 4 rings (SSSR count). The largest absolute Gasteiger partial charge is 0.507 e. The molecule has 1 fully saturated rings. The number of carbonyl (C=O) groups is 2. The average Bonchev–Trinajstić information content (AvgIpc) is 3.22. The summed E-state index contributed by atoms with van der Waals surface area (Å²) in [4.78, 5) is 30.3. The van der Waals surface area contributed by atoms with E-state index < -0.39 is 17.7 Å². The average molecular weight is 545 g/mol. The molecule has 1 atom stereocenters. The van der Waals surface area contributed by atoms with Gasteiger partial charge in [0.15, 0.2) is 11.5 Å². The Bertz CT molecular complexity index is 1400. The van der Waals surface area contributed by atoms with Crippen molar-refractivity contribution >= 4 is 17.4 Å². The summed E-state index contributed by atoms with van der Waals surface area (Å²) < 4.78 is 11.3. The number of phenols is 1. The van der Waals surface area contributed by atoms with Crippen LogP contribution in [-0.4, -0.2) is 65.0 Å². The smallest absolute Gasteiger partial charge is 0.295 e. The third kappa shape index (κ3) is 5.97. The number of aliphatic hydroxyl groups is 1. The van der Waals surface area contributed by atoms with Gasteiger partial charge in [-0.3, -0.25) is 9.59 Å². The van der Waals surface area contributed by atoms with E-state index in [1.165, 1.54) is 18.1 Å². The summed E-state index contributed by atoms with van der Waals surface area (Å²) in [6, 6.07) is 18.8. The predicted molar refractivity (Wildman–Crippen MR) is 153 cm³/mol. The van der Waals surface area contributed by atoms with Crippen LogP contribution in [0.3, 0.4) is 0 Å². The molecule has 0 bridgehead atoms. The number of ether oxygens (including phenoxy) is 2. The summed E-state index contributed by atoms with van der Waals surface area (Å²) in [5, 5.41) is 21.6. The van der Waals surface area contributed by atoms with Gasteiger partial charge in [0.2, 0.25) is 0 Å². The molecule has 0 aromatic heterocycles. The summed E-state index contributed by atoms with van der Waals surface area (Å²) in [5.41, 5.74) is 2.76. The molecule has 8 heteroatoms. The lowest BCUT2D eigenvalue weighted by molar-refractivity contribution is -0.140. The van der Waals surface area contributed by atoms with Crippen molar-refractivity contribution in [3.8, 4) is 17.2 Å². The number of aryl methyl sites for hydroxylation is 1. The van der Waals surface area contributed by atoms with E-state index in [1.807, 2.05) is 51.1 Å². The van der Waals surface area contributed by atoms with Crippen LogP contribution < -0.4 is 9.47 Å². The normalized spacial score (nSPS) is 16.5. The van der Waals surface area contributed by atoms with Crippen LogP contribution in [0, 0.1) is 6.92 Å². The quantitative estimate of drug-likeness (QED) is 0.198. The number of benzene rings is 3. The van der Waals surface area contributed by atoms with Gasteiger partial charge in [0, 0.05) is 18.7 Å². The molecular weight excluding hydrogens is 508 g/mol. The van der Waals surface area contributed by atoms with Crippen LogP contribution in [-0.2, 0) is 16.2 Å². The number of methoxy groups -OCH3 is 1. The maximum atomic E-state index is 13.4. The fraction of sp³-hybridized carbons (Fsp3) is 0.312. The summed E-state index contributed by atoms with van der Waals surface area (Å²) >= 11 is 0. The number of carbonyl (C=O) groups excluding carboxylic acids is 2. The first kappa shape index (κ1) is 28.7. The first-order valence-electron chi connectivity index (χ1n) is 13.4. The van der Waals surface area contributed by atoms with Crippen LogP contribution >= 0.6 is 0 Å². The molecule has 3 aromatic rings. The molecule has 1 amide bonds. The van der Waals surface area contributed by atoms with E-state index in [0.29, 0.717) is 36.6 Å². The number of aromatic hydroxyl groups is 1. The van der Waals surface area contributed by atoms with E-state index in [-0.39, 0.29) is 22.8 Å². The Morgan fingerprint density at radius 3 is 2.35 bits per heavy atom. The monoisotopic (exact) mass is 544 g/mol. The molecule has 1 saturated heterocycles. The Balaban J connectivity index is 1.72. The van der Waals surface area contributed by atoms with E-state index in [9.17, 15) is 19.8 Å². The number of likely N-dealkylation sites (N-methyl/N-ethyl adjacent to an activating group) is 1. The topological polar surface area (TPSA) is 99.5 Å². The van der Waals surface area contributed by atoms with Gasteiger partial charge < -0.3 is 29.5 Å². The van der Waals surface area contributed by atoms with Crippen LogP contribution in [0.15, 0.2) is 72.3 Å². The molecule has 210 valence electrons. The number of ketones is 1. The van der Waals surface area contributed by atoms with Crippen LogP contribution in [0.25, 0.3) is 5.76 Å². The first-order chi connectivity index (χ1) is 19.3. The maximum absolute atomic E-state index is 13.4. The Kier molecular flexibility index (Phi) is 9.11. The summed E-state index contributed by atoms with van der Waals surface area (Å²) in [6.45, 7) is 8.80. The summed E-state index contributed by atoms with van der Waals surface area (Å²) in [7, 11) is 1.43. The van der Waals surface area contributed by atoms with Gasteiger partial charge in [-0.25, -0.2) is 0 Å². The third-order valence-electron chi connectivity index (χ3n) is 7.30. The Hall–Kier alpha value is -4.30. The molecule has 0 aliphatic carbocycles. The summed E-state index contributed by atoms with van der Waals surface area (Å²) in [6.07, 6.45) is 0. The Labute approximate surface area is 235 Å². The standard InChI is InChI=1S/C32H36N2O6/c1-5-33(6-2)16-17-34-29(23-12-14-25(35)27(19-23)39-4)28(31(37)32(34)38)30(36)24-13-15-26(21(3)18-24)40-20-22-10-8-7-9-11-22/h7-15,18-19,29,35-36H,5-6,16-17,20H2,1-4H3/t29-/m0/s1. The SMILES string of the molecule is CCN(CC)CCN1C(=O)C(=O)C(=C(O)c2ccc(OCc3ccccc3)c(C)c2)[C@@H]1c1ccc(O)c(OC)c1.